The van der Waals surface area contributed by atoms with Crippen LogP contribution in [0.4, 0.5) is 0 Å². The molecule has 26 heavy (non-hydrogen) atoms. The van der Waals surface area contributed by atoms with Gasteiger partial charge in [0.2, 0.25) is 0 Å². The maximum absolute atomic E-state index is 12.0. The zero-order valence-corrected chi connectivity index (χ0v) is 14.1. The third-order valence-corrected chi connectivity index (χ3v) is 5.28. The minimum absolute atomic E-state index is 0.174. The van der Waals surface area contributed by atoms with Crippen LogP contribution >= 0.6 is 0 Å². The molecule has 1 fully saturated rings. The predicted molar refractivity (Wildman–Crippen MR) is 100 cm³/mol. The quantitative estimate of drug-likeness (QED) is 0.578. The van der Waals surface area contributed by atoms with Gasteiger partial charge >= 0.3 is 0 Å². The third kappa shape index (κ3) is 2.26. The van der Waals surface area contributed by atoms with Gasteiger partial charge < -0.3 is 10.4 Å². The van der Waals surface area contributed by atoms with E-state index in [-0.39, 0.29) is 11.3 Å². The van der Waals surface area contributed by atoms with Gasteiger partial charge in [-0.3, -0.25) is 9.48 Å². The molecule has 6 heteroatoms. The average Bonchev–Trinajstić information content (AvgIpc) is 3.29. The van der Waals surface area contributed by atoms with Crippen LogP contribution in [0.1, 0.15) is 24.4 Å². The third-order valence-electron chi connectivity index (χ3n) is 5.28. The standard InChI is InChI=1S/C20H18N4O2/c25-19(12-10-22-24(11-12)13-6-8-21-9-7-13)15-4-5-17-18-14(15)2-1-3-16(18)20(26)23-17/h1-5,10-11,13,21,25H,6-9H2. The Morgan fingerprint density at radius 2 is 1.96 bits per heavy atom. The first-order valence-corrected chi connectivity index (χ1v) is 8.86. The SMILES string of the molecule is O=c1nc2ccc(=C(O)c3cnn(C4CCNCC4)c3)c3cccc1c23. The molecule has 1 aliphatic heterocycles. The molecule has 0 saturated carbocycles. The van der Waals surface area contributed by atoms with Crippen LogP contribution in [0.3, 0.4) is 0 Å². The molecule has 2 aromatic carbocycles. The van der Waals surface area contributed by atoms with E-state index in [1.54, 1.807) is 18.3 Å². The summed E-state index contributed by atoms with van der Waals surface area (Å²) in [5.74, 6) is 0.174. The molecular weight excluding hydrogens is 328 g/mol. The smallest absolute Gasteiger partial charge is 0.278 e. The second kappa shape index (κ2) is 5.78. The summed E-state index contributed by atoms with van der Waals surface area (Å²) in [6.45, 7) is 1.98. The molecule has 0 spiro atoms. The molecule has 2 N–H and O–H groups in total. The second-order valence-electron chi connectivity index (χ2n) is 6.82. The molecule has 3 heterocycles. The van der Waals surface area contributed by atoms with E-state index in [4.69, 9.17) is 0 Å². The molecule has 4 aromatic rings. The van der Waals surface area contributed by atoms with E-state index < -0.39 is 0 Å². The fraction of sp³-hybridized carbons (Fsp3) is 0.250. The highest BCUT2D eigenvalue weighted by molar-refractivity contribution is 6.09. The normalized spacial score (nSPS) is 17.2. The fourth-order valence-corrected chi connectivity index (χ4v) is 3.92. The number of aliphatic hydroxyl groups is 1. The minimum atomic E-state index is -0.221. The van der Waals surface area contributed by atoms with Crippen molar-refractivity contribution in [1.82, 2.24) is 20.1 Å². The Morgan fingerprint density at radius 3 is 2.81 bits per heavy atom. The predicted octanol–water partition coefficient (Wildman–Crippen LogP) is 1.74. The summed E-state index contributed by atoms with van der Waals surface area (Å²) >= 11 is 0. The van der Waals surface area contributed by atoms with Gasteiger partial charge in [0, 0.05) is 16.8 Å². The van der Waals surface area contributed by atoms with Gasteiger partial charge in [-0.2, -0.15) is 5.10 Å². The van der Waals surface area contributed by atoms with Crippen molar-refractivity contribution in [2.75, 3.05) is 13.1 Å². The van der Waals surface area contributed by atoms with Crippen molar-refractivity contribution in [3.05, 3.63) is 63.9 Å². The molecular formula is C20H18N4O2. The Balaban J connectivity index is 1.68. The van der Waals surface area contributed by atoms with Crippen molar-refractivity contribution < 1.29 is 5.11 Å². The molecule has 0 radical (unpaired) electrons. The van der Waals surface area contributed by atoms with Gasteiger partial charge in [0.25, 0.3) is 5.56 Å². The number of nitrogens with one attached hydrogen (secondary N) is 1. The first-order valence-electron chi connectivity index (χ1n) is 8.86. The first-order chi connectivity index (χ1) is 12.7. The van der Waals surface area contributed by atoms with Crippen molar-refractivity contribution in [3.8, 4) is 0 Å². The van der Waals surface area contributed by atoms with Crippen LogP contribution in [0.5, 0.6) is 0 Å². The van der Waals surface area contributed by atoms with Crippen LogP contribution in [0.15, 0.2) is 47.5 Å². The van der Waals surface area contributed by atoms with Crippen molar-refractivity contribution in [3.63, 3.8) is 0 Å². The lowest BCUT2D eigenvalue weighted by Crippen LogP contribution is -2.29. The lowest BCUT2D eigenvalue weighted by molar-refractivity contribution is 0.343. The lowest BCUT2D eigenvalue weighted by Gasteiger charge is -2.22. The summed E-state index contributed by atoms with van der Waals surface area (Å²) in [5, 5.41) is 21.7. The van der Waals surface area contributed by atoms with Crippen LogP contribution in [-0.2, 0) is 0 Å². The van der Waals surface area contributed by atoms with E-state index in [0.29, 0.717) is 27.7 Å². The molecule has 1 aliphatic rings. The molecule has 0 amide bonds. The number of aromatic nitrogens is 3. The summed E-state index contributed by atoms with van der Waals surface area (Å²) < 4.78 is 1.95. The van der Waals surface area contributed by atoms with Gasteiger partial charge in [-0.25, -0.2) is 4.98 Å². The molecule has 0 bridgehead atoms. The highest BCUT2D eigenvalue weighted by atomic mass is 16.3. The Bertz CT molecular complexity index is 1210. The van der Waals surface area contributed by atoms with Crippen LogP contribution in [-0.4, -0.2) is 33.0 Å². The van der Waals surface area contributed by atoms with E-state index in [2.05, 4.69) is 15.4 Å². The van der Waals surface area contributed by atoms with Gasteiger partial charge in [-0.1, -0.05) is 12.1 Å². The fourth-order valence-electron chi connectivity index (χ4n) is 3.92. The first kappa shape index (κ1) is 15.3. The molecule has 6 nitrogen and oxygen atoms in total. The average molecular weight is 346 g/mol. The highest BCUT2D eigenvalue weighted by Gasteiger charge is 2.17. The summed E-state index contributed by atoms with van der Waals surface area (Å²) in [7, 11) is 0. The second-order valence-corrected chi connectivity index (χ2v) is 6.82. The van der Waals surface area contributed by atoms with Crippen molar-refractivity contribution in [2.24, 2.45) is 0 Å². The van der Waals surface area contributed by atoms with E-state index >= 15 is 0 Å². The molecule has 1 saturated heterocycles. The number of hydrogen-bond acceptors (Lipinski definition) is 5. The highest BCUT2D eigenvalue weighted by Crippen LogP contribution is 2.23. The number of rotatable bonds is 2. The molecule has 0 atom stereocenters. The molecule has 0 aliphatic carbocycles. The molecule has 130 valence electrons. The van der Waals surface area contributed by atoms with E-state index in [1.165, 1.54) is 0 Å². The number of piperidine rings is 1. The maximum Gasteiger partial charge on any atom is 0.278 e. The van der Waals surface area contributed by atoms with Crippen molar-refractivity contribution >= 4 is 27.4 Å². The molecule has 0 unspecified atom stereocenters. The summed E-state index contributed by atoms with van der Waals surface area (Å²) in [5.41, 5.74) is 1.13. The van der Waals surface area contributed by atoms with E-state index in [1.807, 2.05) is 29.1 Å². The topological polar surface area (TPSA) is 80.0 Å². The zero-order valence-electron chi connectivity index (χ0n) is 14.1. The van der Waals surface area contributed by atoms with Gasteiger partial charge in [0.15, 0.2) is 0 Å². The van der Waals surface area contributed by atoms with E-state index in [0.717, 1.165) is 36.7 Å². The number of hydrogen-bond donors (Lipinski definition) is 2. The summed E-state index contributed by atoms with van der Waals surface area (Å²) in [6.07, 6.45) is 5.68. The number of nitrogens with zero attached hydrogens (tertiary/aromatic N) is 3. The zero-order chi connectivity index (χ0) is 17.7. The van der Waals surface area contributed by atoms with Crippen LogP contribution in [0, 0.1) is 0 Å². The van der Waals surface area contributed by atoms with Crippen molar-refractivity contribution in [2.45, 2.75) is 18.9 Å². The Morgan fingerprint density at radius 1 is 1.15 bits per heavy atom. The summed E-state index contributed by atoms with van der Waals surface area (Å²) in [6, 6.07) is 9.50. The van der Waals surface area contributed by atoms with E-state index in [9.17, 15) is 9.90 Å². The van der Waals surface area contributed by atoms with Crippen LogP contribution in [0.25, 0.3) is 27.4 Å². The maximum atomic E-state index is 12.0. The summed E-state index contributed by atoms with van der Waals surface area (Å²) in [4.78, 5) is 16.1. The Hall–Kier alpha value is -2.99. The molecule has 2 aromatic heterocycles. The van der Waals surface area contributed by atoms with Crippen LogP contribution < -0.4 is 16.1 Å². The lowest BCUT2D eigenvalue weighted by atomic mass is 10.0. The van der Waals surface area contributed by atoms with Crippen molar-refractivity contribution in [1.29, 1.82) is 0 Å². The Kier molecular flexibility index (Phi) is 3.39. The van der Waals surface area contributed by atoms with Gasteiger partial charge in [-0.15, -0.1) is 0 Å². The monoisotopic (exact) mass is 346 g/mol. The molecule has 5 rings (SSSR count). The number of aliphatic hydroxyl groups excluding tert-OH is 1. The van der Waals surface area contributed by atoms with Crippen LogP contribution in [0.2, 0.25) is 0 Å². The largest absolute Gasteiger partial charge is 0.507 e. The number of benzene rings is 2. The Labute approximate surface area is 149 Å². The minimum Gasteiger partial charge on any atom is -0.507 e. The van der Waals surface area contributed by atoms with Gasteiger partial charge in [0.05, 0.1) is 28.7 Å². The van der Waals surface area contributed by atoms with Gasteiger partial charge in [0.1, 0.15) is 5.76 Å². The van der Waals surface area contributed by atoms with Gasteiger partial charge in [-0.05, 0) is 49.5 Å².